The number of rotatable bonds is 4. The van der Waals surface area contributed by atoms with Crippen LogP contribution in [-0.2, 0) is 0 Å². The van der Waals surface area contributed by atoms with Crippen molar-refractivity contribution in [2.75, 3.05) is 76.0 Å². The largest absolute Gasteiger partial charge is 0.377 e. The first-order valence-electron chi connectivity index (χ1n) is 17.9. The average molecular weight is 663 g/mol. The molecule has 0 aromatic heterocycles. The fourth-order valence-corrected chi connectivity index (χ4v) is 7.20. The molecule has 0 saturated heterocycles. The van der Waals surface area contributed by atoms with Crippen molar-refractivity contribution in [1.82, 2.24) is 0 Å². The van der Waals surface area contributed by atoms with Crippen LogP contribution in [0.5, 0.6) is 0 Å². The van der Waals surface area contributed by atoms with Crippen LogP contribution < -0.4 is 19.6 Å². The Hall–Kier alpha value is -5.22. The highest BCUT2D eigenvalue weighted by molar-refractivity contribution is 6.27. The highest BCUT2D eigenvalue weighted by Crippen LogP contribution is 2.42. The smallest absolute Gasteiger partial charge is 0.0447 e. The predicted octanol–water partition coefficient (Wildman–Crippen LogP) is 12.0. The molecule has 50 heavy (non-hydrogen) atoms. The molecule has 0 aliphatic carbocycles. The molecule has 0 saturated carbocycles. The quantitative estimate of drug-likeness (QED) is 0.174. The van der Waals surface area contributed by atoms with Crippen LogP contribution in [0.1, 0.15) is 27.7 Å². The fourth-order valence-electron chi connectivity index (χ4n) is 7.20. The summed E-state index contributed by atoms with van der Waals surface area (Å²) >= 11 is 0. The van der Waals surface area contributed by atoms with Crippen LogP contribution in [-0.4, -0.2) is 56.4 Å². The minimum absolute atomic E-state index is 1.26. The second-order valence-corrected chi connectivity index (χ2v) is 13.1. The zero-order valence-corrected chi connectivity index (χ0v) is 32.2. The van der Waals surface area contributed by atoms with Gasteiger partial charge in [-0.05, 0) is 67.4 Å². The molecule has 8 aromatic carbocycles. The SMILES string of the molecule is CC.CC.CN(C)c1cc2c3ccccc3c(N(C)C)cc2c2ccccc12.CN(C)c1ccc2ccc3c(N(C)C)ccc4ccc1c2c43. The second kappa shape index (κ2) is 15.1. The molecule has 0 spiro atoms. The van der Waals surface area contributed by atoms with E-state index in [1.807, 2.05) is 27.7 Å². The molecule has 8 aromatic rings. The van der Waals surface area contributed by atoms with Crippen LogP contribution in [0.15, 0.2) is 109 Å². The molecular weight excluding hydrogens is 609 g/mol. The van der Waals surface area contributed by atoms with Crippen molar-refractivity contribution in [3.63, 3.8) is 0 Å². The Morgan fingerprint density at radius 3 is 0.900 bits per heavy atom. The molecule has 0 aliphatic heterocycles. The van der Waals surface area contributed by atoms with Crippen LogP contribution in [0.4, 0.5) is 22.7 Å². The standard InChI is InChI=1S/C22H22N2.C20H20N2.2C2H6/c1-23(2)21-13-19-16-10-6-8-12-18(16)22(24(3)4)14-20(19)15-9-5-7-11-17(15)21;1-21(2)17-11-7-13-6-10-16-18(22(3)4)12-8-14-5-9-15(17)19(13)20(14)16;2*1-2/h5-14H,1-4H3;5-12H,1-4H3;2*1-2H3. The molecule has 4 nitrogen and oxygen atoms in total. The van der Waals surface area contributed by atoms with Gasteiger partial charge in [-0.1, -0.05) is 113 Å². The molecule has 0 radical (unpaired) electrons. The van der Waals surface area contributed by atoms with E-state index < -0.39 is 0 Å². The Bertz CT molecular complexity index is 2220. The zero-order chi connectivity index (χ0) is 36.3. The summed E-state index contributed by atoms with van der Waals surface area (Å²) in [6, 6.07) is 40.0. The molecular formula is C46H54N4. The predicted molar refractivity (Wildman–Crippen MR) is 229 cm³/mol. The molecule has 8 rings (SSSR count). The lowest BCUT2D eigenvalue weighted by molar-refractivity contribution is 1.14. The van der Waals surface area contributed by atoms with Crippen LogP contribution in [0.2, 0.25) is 0 Å². The highest BCUT2D eigenvalue weighted by atomic mass is 15.1. The van der Waals surface area contributed by atoms with Gasteiger partial charge in [0.15, 0.2) is 0 Å². The Kier molecular flexibility index (Phi) is 10.9. The van der Waals surface area contributed by atoms with E-state index in [1.165, 1.54) is 87.4 Å². The van der Waals surface area contributed by atoms with E-state index in [4.69, 9.17) is 0 Å². The lowest BCUT2D eigenvalue weighted by Gasteiger charge is -2.21. The third-order valence-electron chi connectivity index (χ3n) is 9.38. The number of hydrogen-bond donors (Lipinski definition) is 0. The van der Waals surface area contributed by atoms with Gasteiger partial charge in [-0.15, -0.1) is 0 Å². The van der Waals surface area contributed by atoms with E-state index >= 15 is 0 Å². The van der Waals surface area contributed by atoms with Gasteiger partial charge >= 0.3 is 0 Å². The van der Waals surface area contributed by atoms with Crippen LogP contribution in [0.3, 0.4) is 0 Å². The van der Waals surface area contributed by atoms with Gasteiger partial charge < -0.3 is 19.6 Å². The molecule has 0 atom stereocenters. The maximum atomic E-state index is 2.33. The molecule has 4 heteroatoms. The Morgan fingerprint density at radius 2 is 0.580 bits per heavy atom. The molecule has 0 bridgehead atoms. The summed E-state index contributed by atoms with van der Waals surface area (Å²) in [4.78, 5) is 8.80. The van der Waals surface area contributed by atoms with Crippen molar-refractivity contribution < 1.29 is 0 Å². The van der Waals surface area contributed by atoms with Crippen molar-refractivity contribution in [3.05, 3.63) is 109 Å². The Morgan fingerprint density at radius 1 is 0.280 bits per heavy atom. The van der Waals surface area contributed by atoms with Crippen molar-refractivity contribution in [2.45, 2.75) is 27.7 Å². The van der Waals surface area contributed by atoms with Gasteiger partial charge in [0.1, 0.15) is 0 Å². The van der Waals surface area contributed by atoms with E-state index in [2.05, 4.69) is 185 Å². The summed E-state index contributed by atoms with van der Waals surface area (Å²) in [7, 11) is 16.9. The summed E-state index contributed by atoms with van der Waals surface area (Å²) in [5.74, 6) is 0. The monoisotopic (exact) mass is 662 g/mol. The minimum atomic E-state index is 1.26. The first-order valence-corrected chi connectivity index (χ1v) is 17.9. The second-order valence-electron chi connectivity index (χ2n) is 13.1. The van der Waals surface area contributed by atoms with E-state index in [0.29, 0.717) is 0 Å². The summed E-state index contributed by atoms with van der Waals surface area (Å²) < 4.78 is 0. The van der Waals surface area contributed by atoms with Gasteiger partial charge in [-0.3, -0.25) is 0 Å². The zero-order valence-electron chi connectivity index (χ0n) is 32.2. The average Bonchev–Trinajstić information content (AvgIpc) is 3.14. The molecule has 0 N–H and O–H groups in total. The van der Waals surface area contributed by atoms with Gasteiger partial charge in [0.2, 0.25) is 0 Å². The number of fused-ring (bicyclic) bond motifs is 5. The van der Waals surface area contributed by atoms with Crippen molar-refractivity contribution >= 4 is 87.4 Å². The maximum Gasteiger partial charge on any atom is 0.0447 e. The van der Waals surface area contributed by atoms with Crippen molar-refractivity contribution in [3.8, 4) is 0 Å². The highest BCUT2D eigenvalue weighted by Gasteiger charge is 2.15. The Balaban J connectivity index is 0.000000178. The first-order chi connectivity index (χ1) is 24.2. The number of anilines is 4. The van der Waals surface area contributed by atoms with Gasteiger partial charge in [-0.2, -0.15) is 0 Å². The number of benzene rings is 8. The van der Waals surface area contributed by atoms with Crippen LogP contribution >= 0.6 is 0 Å². The van der Waals surface area contributed by atoms with E-state index in [9.17, 15) is 0 Å². The fraction of sp³-hybridized carbons (Fsp3) is 0.261. The topological polar surface area (TPSA) is 13.0 Å². The normalized spacial score (nSPS) is 10.8. The van der Waals surface area contributed by atoms with Gasteiger partial charge in [-0.25, -0.2) is 0 Å². The lowest BCUT2D eigenvalue weighted by atomic mass is 9.92. The van der Waals surface area contributed by atoms with Gasteiger partial charge in [0.05, 0.1) is 0 Å². The van der Waals surface area contributed by atoms with Gasteiger partial charge in [0.25, 0.3) is 0 Å². The summed E-state index contributed by atoms with van der Waals surface area (Å²) in [6.45, 7) is 8.00. The van der Waals surface area contributed by atoms with E-state index in [1.54, 1.807) is 0 Å². The van der Waals surface area contributed by atoms with E-state index in [0.717, 1.165) is 0 Å². The van der Waals surface area contributed by atoms with Gasteiger partial charge in [0, 0.05) is 101 Å². The van der Waals surface area contributed by atoms with Crippen molar-refractivity contribution in [2.24, 2.45) is 0 Å². The molecule has 0 aliphatic rings. The number of nitrogens with zero attached hydrogens (tertiary/aromatic N) is 4. The summed E-state index contributed by atoms with van der Waals surface area (Å²) in [5.41, 5.74) is 5.08. The summed E-state index contributed by atoms with van der Waals surface area (Å²) in [6.07, 6.45) is 0. The summed E-state index contributed by atoms with van der Waals surface area (Å²) in [5, 5.41) is 15.9. The van der Waals surface area contributed by atoms with Crippen molar-refractivity contribution in [1.29, 1.82) is 0 Å². The van der Waals surface area contributed by atoms with Crippen LogP contribution in [0, 0.1) is 0 Å². The molecule has 0 fully saturated rings. The minimum Gasteiger partial charge on any atom is -0.377 e. The third-order valence-corrected chi connectivity index (χ3v) is 9.38. The lowest BCUT2D eigenvalue weighted by Crippen LogP contribution is -2.10. The maximum absolute atomic E-state index is 2.33. The third kappa shape index (κ3) is 6.31. The molecule has 258 valence electrons. The Labute approximate surface area is 299 Å². The first kappa shape index (κ1) is 36.1. The van der Waals surface area contributed by atoms with Crippen LogP contribution in [0.25, 0.3) is 64.6 Å². The number of hydrogen-bond acceptors (Lipinski definition) is 4. The molecule has 0 heterocycles. The van der Waals surface area contributed by atoms with E-state index in [-0.39, 0.29) is 0 Å². The molecule has 0 unspecified atom stereocenters. The molecule has 0 amide bonds.